The first kappa shape index (κ1) is 13.9. The van der Waals surface area contributed by atoms with Crippen molar-refractivity contribution in [3.63, 3.8) is 0 Å². The molecule has 0 saturated carbocycles. The molecule has 2 heterocycles. The lowest BCUT2D eigenvalue weighted by Crippen LogP contribution is -2.38. The van der Waals surface area contributed by atoms with Crippen LogP contribution in [-0.4, -0.2) is 46.1 Å². The molecule has 1 fully saturated rings. The van der Waals surface area contributed by atoms with Gasteiger partial charge in [-0.25, -0.2) is 4.79 Å². The highest BCUT2D eigenvalue weighted by Crippen LogP contribution is 2.01. The van der Waals surface area contributed by atoms with Crippen LogP contribution in [0.5, 0.6) is 0 Å². The lowest BCUT2D eigenvalue weighted by atomic mass is 10.4. The molecule has 6 heteroatoms. The topological polar surface area (TPSA) is 59.3 Å². The molecule has 2 rings (SSSR count). The van der Waals surface area contributed by atoms with E-state index in [0.29, 0.717) is 0 Å². The van der Waals surface area contributed by atoms with Gasteiger partial charge in [-0.3, -0.25) is 13.9 Å². The minimum atomic E-state index is -0.115. The van der Waals surface area contributed by atoms with Crippen molar-refractivity contribution in [1.82, 2.24) is 19.4 Å². The van der Waals surface area contributed by atoms with Crippen LogP contribution in [0.3, 0.4) is 0 Å². The van der Waals surface area contributed by atoms with Crippen LogP contribution < -0.4 is 11.0 Å². The number of carbonyl (C=O) groups is 1. The van der Waals surface area contributed by atoms with Gasteiger partial charge in [-0.05, 0) is 26.8 Å². The highest BCUT2D eigenvalue weighted by atomic mass is 16.2. The summed E-state index contributed by atoms with van der Waals surface area (Å²) in [6, 6.07) is 0.117. The minimum Gasteiger partial charge on any atom is -0.340 e. The zero-order valence-electron chi connectivity index (χ0n) is 11.6. The fraction of sp³-hybridized carbons (Fsp3) is 0.692. The molecule has 1 aromatic rings. The van der Waals surface area contributed by atoms with Crippen LogP contribution in [0.25, 0.3) is 0 Å². The van der Waals surface area contributed by atoms with E-state index in [1.54, 1.807) is 17.0 Å². The number of rotatable bonds is 3. The summed E-state index contributed by atoms with van der Waals surface area (Å²) in [6.45, 7) is 7.31. The highest BCUT2D eigenvalue weighted by molar-refractivity contribution is 5.76. The molecule has 0 bridgehead atoms. The molecule has 0 atom stereocenters. The molecule has 106 valence electrons. The van der Waals surface area contributed by atoms with Crippen LogP contribution in [-0.2, 0) is 11.3 Å². The van der Waals surface area contributed by atoms with E-state index in [1.165, 1.54) is 4.57 Å². The minimum absolute atomic E-state index is 0.0207. The number of hydrogen-bond acceptors (Lipinski definition) is 3. The number of nitrogens with zero attached hydrogens (tertiary/aromatic N) is 3. The van der Waals surface area contributed by atoms with Crippen LogP contribution in [0.2, 0.25) is 0 Å². The van der Waals surface area contributed by atoms with Gasteiger partial charge in [0.25, 0.3) is 0 Å². The van der Waals surface area contributed by atoms with Crippen LogP contribution in [0.15, 0.2) is 17.2 Å². The molecule has 0 aliphatic carbocycles. The molecule has 1 aliphatic heterocycles. The summed E-state index contributed by atoms with van der Waals surface area (Å²) >= 11 is 0. The van der Waals surface area contributed by atoms with Gasteiger partial charge in [0.05, 0.1) is 0 Å². The Hall–Kier alpha value is -1.56. The molecule has 6 nitrogen and oxygen atoms in total. The standard InChI is InChI=1S/C13H22N4O2/c1-11(2)17-9-8-16(13(17)19)10-12(18)15-6-3-4-14-5-7-15/h8-9,11,14H,3-7,10H2,1-2H3. The number of carbonyl (C=O) groups excluding carboxylic acids is 1. The van der Waals surface area contributed by atoms with Crippen LogP contribution in [0.1, 0.15) is 26.3 Å². The van der Waals surface area contributed by atoms with Crippen molar-refractivity contribution >= 4 is 5.91 Å². The maximum atomic E-state index is 12.2. The van der Waals surface area contributed by atoms with Crippen molar-refractivity contribution in [3.8, 4) is 0 Å². The molecule has 1 N–H and O–H groups in total. The van der Waals surface area contributed by atoms with Gasteiger partial charge in [0, 0.05) is 38.1 Å². The van der Waals surface area contributed by atoms with Gasteiger partial charge in [-0.1, -0.05) is 0 Å². The Kier molecular flexibility index (Phi) is 4.42. The fourth-order valence-corrected chi connectivity index (χ4v) is 2.28. The van der Waals surface area contributed by atoms with Crippen molar-refractivity contribution in [2.24, 2.45) is 0 Å². The molecule has 19 heavy (non-hydrogen) atoms. The first-order chi connectivity index (χ1) is 9.09. The number of hydrogen-bond donors (Lipinski definition) is 1. The predicted octanol–water partition coefficient (Wildman–Crippen LogP) is 0.0526. The van der Waals surface area contributed by atoms with Crippen LogP contribution in [0, 0.1) is 0 Å². The van der Waals surface area contributed by atoms with Crippen molar-refractivity contribution in [2.75, 3.05) is 26.2 Å². The van der Waals surface area contributed by atoms with E-state index in [4.69, 9.17) is 0 Å². The highest BCUT2D eigenvalue weighted by Gasteiger charge is 2.17. The van der Waals surface area contributed by atoms with E-state index < -0.39 is 0 Å². The summed E-state index contributed by atoms with van der Waals surface area (Å²) in [5, 5.41) is 3.26. The second-order valence-electron chi connectivity index (χ2n) is 5.19. The lowest BCUT2D eigenvalue weighted by Gasteiger charge is -2.19. The van der Waals surface area contributed by atoms with Gasteiger partial charge in [0.15, 0.2) is 0 Å². The number of amides is 1. The number of imidazole rings is 1. The Morgan fingerprint density at radius 2 is 2.11 bits per heavy atom. The molecule has 0 unspecified atom stereocenters. The summed E-state index contributed by atoms with van der Waals surface area (Å²) in [6.07, 6.45) is 4.40. The third-order valence-electron chi connectivity index (χ3n) is 3.43. The van der Waals surface area contributed by atoms with Crippen molar-refractivity contribution in [2.45, 2.75) is 32.9 Å². The Morgan fingerprint density at radius 3 is 2.79 bits per heavy atom. The van der Waals surface area contributed by atoms with E-state index in [0.717, 1.165) is 32.6 Å². The van der Waals surface area contributed by atoms with E-state index in [1.807, 2.05) is 18.7 Å². The van der Waals surface area contributed by atoms with Crippen LogP contribution >= 0.6 is 0 Å². The Bertz CT molecular complexity index is 481. The second-order valence-corrected chi connectivity index (χ2v) is 5.19. The molecule has 1 saturated heterocycles. The molecular weight excluding hydrogens is 244 g/mol. The van der Waals surface area contributed by atoms with Gasteiger partial charge in [-0.2, -0.15) is 0 Å². The fourth-order valence-electron chi connectivity index (χ4n) is 2.28. The van der Waals surface area contributed by atoms with E-state index >= 15 is 0 Å². The summed E-state index contributed by atoms with van der Waals surface area (Å²) in [5.41, 5.74) is -0.115. The maximum absolute atomic E-state index is 12.2. The quantitative estimate of drug-likeness (QED) is 0.841. The first-order valence-electron chi connectivity index (χ1n) is 6.85. The lowest BCUT2D eigenvalue weighted by molar-refractivity contribution is -0.131. The van der Waals surface area contributed by atoms with E-state index in [9.17, 15) is 9.59 Å². The Morgan fingerprint density at radius 1 is 1.32 bits per heavy atom. The smallest absolute Gasteiger partial charge is 0.328 e. The molecule has 1 aromatic heterocycles. The first-order valence-corrected chi connectivity index (χ1v) is 6.85. The average molecular weight is 266 g/mol. The third-order valence-corrected chi connectivity index (χ3v) is 3.43. The van der Waals surface area contributed by atoms with Gasteiger partial charge in [0.2, 0.25) is 5.91 Å². The zero-order chi connectivity index (χ0) is 13.8. The summed E-state index contributed by atoms with van der Waals surface area (Å²) in [7, 11) is 0. The second kappa shape index (κ2) is 6.06. The summed E-state index contributed by atoms with van der Waals surface area (Å²) < 4.78 is 3.12. The number of aromatic nitrogens is 2. The monoisotopic (exact) mass is 266 g/mol. The summed E-state index contributed by atoms with van der Waals surface area (Å²) in [5.74, 6) is 0.0207. The average Bonchev–Trinajstić information content (AvgIpc) is 2.60. The van der Waals surface area contributed by atoms with Gasteiger partial charge in [0.1, 0.15) is 6.54 Å². The molecule has 0 radical (unpaired) electrons. The van der Waals surface area contributed by atoms with E-state index in [-0.39, 0.29) is 24.2 Å². The Balaban J connectivity index is 2.04. The largest absolute Gasteiger partial charge is 0.340 e. The summed E-state index contributed by atoms with van der Waals surface area (Å²) in [4.78, 5) is 26.1. The number of nitrogens with one attached hydrogen (secondary N) is 1. The normalized spacial score (nSPS) is 16.7. The van der Waals surface area contributed by atoms with Crippen molar-refractivity contribution < 1.29 is 4.79 Å². The molecule has 0 spiro atoms. The SMILES string of the molecule is CC(C)n1ccn(CC(=O)N2CCCNCC2)c1=O. The van der Waals surface area contributed by atoms with Gasteiger partial charge < -0.3 is 10.2 Å². The van der Waals surface area contributed by atoms with E-state index in [2.05, 4.69) is 5.32 Å². The molecule has 1 aliphatic rings. The predicted molar refractivity (Wildman–Crippen MR) is 73.1 cm³/mol. The third kappa shape index (κ3) is 3.26. The Labute approximate surface area is 113 Å². The van der Waals surface area contributed by atoms with Crippen molar-refractivity contribution in [3.05, 3.63) is 22.9 Å². The van der Waals surface area contributed by atoms with Gasteiger partial charge in [-0.15, -0.1) is 0 Å². The van der Waals surface area contributed by atoms with Gasteiger partial charge >= 0.3 is 5.69 Å². The zero-order valence-corrected chi connectivity index (χ0v) is 11.6. The van der Waals surface area contributed by atoms with Crippen LogP contribution in [0.4, 0.5) is 0 Å². The maximum Gasteiger partial charge on any atom is 0.328 e. The molecular formula is C13H22N4O2. The molecule has 0 aromatic carbocycles. The van der Waals surface area contributed by atoms with Crippen molar-refractivity contribution in [1.29, 1.82) is 0 Å². The molecule has 1 amide bonds.